The van der Waals surface area contributed by atoms with E-state index in [0.29, 0.717) is 17.1 Å². The molecule has 2 aliphatic heterocycles. The molecule has 1 N–H and O–H groups in total. The van der Waals surface area contributed by atoms with E-state index < -0.39 is 17.8 Å². The van der Waals surface area contributed by atoms with E-state index >= 15 is 0 Å². The number of hydrogen-bond acceptors (Lipinski definition) is 4. The van der Waals surface area contributed by atoms with E-state index in [-0.39, 0.29) is 12.1 Å². The fourth-order valence-corrected chi connectivity index (χ4v) is 3.47. The molecule has 0 bridgehead atoms. The number of rotatable bonds is 3. The molecule has 6 nitrogen and oxygen atoms in total. The number of imide groups is 2. The Bertz CT molecular complexity index is 986. The van der Waals surface area contributed by atoms with Gasteiger partial charge in [0.2, 0.25) is 0 Å². The van der Waals surface area contributed by atoms with Crippen LogP contribution >= 0.6 is 11.6 Å². The van der Waals surface area contributed by atoms with E-state index in [1.165, 1.54) is 6.20 Å². The lowest BCUT2D eigenvalue weighted by molar-refractivity contribution is -0.130. The first-order valence-corrected chi connectivity index (χ1v) is 8.89. The Morgan fingerprint density at radius 2 is 1.78 bits per heavy atom. The number of carbonyl (C=O) groups is 3. The van der Waals surface area contributed by atoms with Crippen molar-refractivity contribution in [3.63, 3.8) is 0 Å². The van der Waals surface area contributed by atoms with Gasteiger partial charge in [0.15, 0.2) is 0 Å². The largest absolute Gasteiger partial charge is 0.346 e. The number of halogens is 1. The topological polar surface area (TPSA) is 69.7 Å². The number of carbonyl (C=O) groups excluding carboxylic acids is 3. The van der Waals surface area contributed by atoms with Gasteiger partial charge in [-0.3, -0.25) is 19.8 Å². The van der Waals surface area contributed by atoms with Crippen LogP contribution in [0, 0.1) is 0 Å². The number of hydrogen-bond donors (Lipinski definition) is 1. The standard InChI is InChI=1S/C20H16ClN3O3/c21-16-7-3-1-6-14(16)11-24-19(26)15(18(25)22-20(24)27)12-23-10-9-13-5-2-4-8-17(13)23/h1-8,12H,9-11H2,(H,22,25,27)/b15-12-. The minimum atomic E-state index is -0.746. The van der Waals surface area contributed by atoms with Gasteiger partial charge in [0.05, 0.1) is 6.54 Å². The highest BCUT2D eigenvalue weighted by Crippen LogP contribution is 2.29. The van der Waals surface area contributed by atoms with Gasteiger partial charge in [-0.1, -0.05) is 48.0 Å². The summed E-state index contributed by atoms with van der Waals surface area (Å²) in [6, 6.07) is 14.0. The number of barbiturate groups is 1. The van der Waals surface area contributed by atoms with Crippen molar-refractivity contribution in [1.29, 1.82) is 0 Å². The molecule has 27 heavy (non-hydrogen) atoms. The third kappa shape index (κ3) is 3.19. The van der Waals surface area contributed by atoms with Crippen LogP contribution < -0.4 is 10.2 Å². The van der Waals surface area contributed by atoms with Crippen LogP contribution in [0.3, 0.4) is 0 Å². The van der Waals surface area contributed by atoms with Gasteiger partial charge >= 0.3 is 6.03 Å². The Labute approximate surface area is 161 Å². The maximum Gasteiger partial charge on any atom is 0.331 e. The quantitative estimate of drug-likeness (QED) is 0.655. The number of benzene rings is 2. The Balaban J connectivity index is 1.64. The summed E-state index contributed by atoms with van der Waals surface area (Å²) in [6.07, 6.45) is 2.35. The third-order valence-corrected chi connectivity index (χ3v) is 5.05. The molecular weight excluding hydrogens is 366 g/mol. The van der Waals surface area contributed by atoms with Crippen molar-refractivity contribution in [1.82, 2.24) is 10.2 Å². The van der Waals surface area contributed by atoms with Gasteiger partial charge in [0, 0.05) is 23.5 Å². The van der Waals surface area contributed by atoms with E-state index in [1.54, 1.807) is 24.3 Å². The Morgan fingerprint density at radius 1 is 1.04 bits per heavy atom. The van der Waals surface area contributed by atoms with Crippen molar-refractivity contribution < 1.29 is 14.4 Å². The first kappa shape index (κ1) is 17.3. The average Bonchev–Trinajstić information content (AvgIpc) is 3.06. The van der Waals surface area contributed by atoms with E-state index in [9.17, 15) is 14.4 Å². The molecule has 1 saturated heterocycles. The van der Waals surface area contributed by atoms with Crippen molar-refractivity contribution in [3.8, 4) is 0 Å². The Morgan fingerprint density at radius 3 is 2.59 bits per heavy atom. The van der Waals surface area contributed by atoms with Gasteiger partial charge in [-0.25, -0.2) is 4.79 Å². The monoisotopic (exact) mass is 381 g/mol. The second-order valence-corrected chi connectivity index (χ2v) is 6.76. The molecule has 2 heterocycles. The van der Waals surface area contributed by atoms with Gasteiger partial charge in [-0.15, -0.1) is 0 Å². The highest BCUT2D eigenvalue weighted by Gasteiger charge is 2.37. The normalized spacial score (nSPS) is 18.1. The molecular formula is C20H16ClN3O3. The lowest BCUT2D eigenvalue weighted by atomic mass is 10.1. The summed E-state index contributed by atoms with van der Waals surface area (Å²) < 4.78 is 0. The summed E-state index contributed by atoms with van der Waals surface area (Å²) in [5.74, 6) is -1.32. The Kier molecular flexibility index (Phi) is 4.41. The summed E-state index contributed by atoms with van der Waals surface area (Å²) in [5.41, 5.74) is 2.67. The molecule has 0 atom stereocenters. The first-order chi connectivity index (χ1) is 13.0. The van der Waals surface area contributed by atoms with Crippen LogP contribution in [-0.2, 0) is 22.6 Å². The summed E-state index contributed by atoms with van der Waals surface area (Å²) in [5, 5.41) is 2.69. The minimum Gasteiger partial charge on any atom is -0.346 e. The summed E-state index contributed by atoms with van der Waals surface area (Å²) in [4.78, 5) is 40.2. The van der Waals surface area contributed by atoms with Crippen molar-refractivity contribution >= 4 is 35.1 Å². The van der Waals surface area contributed by atoms with Crippen LogP contribution in [0.2, 0.25) is 5.02 Å². The molecule has 136 valence electrons. The number of amides is 4. The van der Waals surface area contributed by atoms with Gasteiger partial charge in [0.1, 0.15) is 5.57 Å². The average molecular weight is 382 g/mol. The molecule has 0 spiro atoms. The molecule has 0 aliphatic carbocycles. The highest BCUT2D eigenvalue weighted by molar-refractivity contribution is 6.31. The van der Waals surface area contributed by atoms with Gasteiger partial charge < -0.3 is 4.90 Å². The number of anilines is 1. The maximum atomic E-state index is 12.9. The number of urea groups is 1. The van der Waals surface area contributed by atoms with Crippen LogP contribution in [0.5, 0.6) is 0 Å². The fourth-order valence-electron chi connectivity index (χ4n) is 3.27. The predicted octanol–water partition coefficient (Wildman–Crippen LogP) is 2.87. The summed E-state index contributed by atoms with van der Waals surface area (Å²) in [7, 11) is 0. The van der Waals surface area contributed by atoms with E-state index in [1.807, 2.05) is 29.2 Å². The molecule has 4 rings (SSSR count). The van der Waals surface area contributed by atoms with Crippen molar-refractivity contribution in [3.05, 3.63) is 76.5 Å². The number of nitrogens with one attached hydrogen (secondary N) is 1. The second-order valence-electron chi connectivity index (χ2n) is 6.36. The molecule has 0 radical (unpaired) electrons. The molecule has 7 heteroatoms. The van der Waals surface area contributed by atoms with Crippen LogP contribution in [0.1, 0.15) is 11.1 Å². The van der Waals surface area contributed by atoms with Gasteiger partial charge in [-0.05, 0) is 29.7 Å². The first-order valence-electron chi connectivity index (χ1n) is 8.51. The Hall–Kier alpha value is -3.12. The van der Waals surface area contributed by atoms with Crippen molar-refractivity contribution in [2.45, 2.75) is 13.0 Å². The lowest BCUT2D eigenvalue weighted by Crippen LogP contribution is -2.54. The highest BCUT2D eigenvalue weighted by atomic mass is 35.5. The molecule has 0 aromatic heterocycles. The zero-order valence-corrected chi connectivity index (χ0v) is 15.1. The molecule has 4 amide bonds. The molecule has 0 saturated carbocycles. The summed E-state index contributed by atoms with van der Waals surface area (Å²) in [6.45, 7) is 0.660. The molecule has 0 unspecified atom stereocenters. The third-order valence-electron chi connectivity index (χ3n) is 4.68. The number of para-hydroxylation sites is 1. The SMILES string of the molecule is O=C1NC(=O)N(Cc2ccccc2Cl)C(=O)/C1=C\N1CCc2ccccc21. The molecule has 2 aromatic carbocycles. The van der Waals surface area contributed by atoms with E-state index in [0.717, 1.165) is 22.6 Å². The van der Waals surface area contributed by atoms with Crippen molar-refractivity contribution in [2.24, 2.45) is 0 Å². The van der Waals surface area contributed by atoms with Crippen LogP contribution in [0.15, 0.2) is 60.3 Å². The fraction of sp³-hybridized carbons (Fsp3) is 0.150. The number of nitrogens with zero attached hydrogens (tertiary/aromatic N) is 2. The van der Waals surface area contributed by atoms with E-state index in [4.69, 9.17) is 11.6 Å². The molecule has 2 aromatic rings. The smallest absolute Gasteiger partial charge is 0.331 e. The minimum absolute atomic E-state index is 0.00839. The van der Waals surface area contributed by atoms with Crippen LogP contribution in [0.4, 0.5) is 10.5 Å². The van der Waals surface area contributed by atoms with Crippen molar-refractivity contribution in [2.75, 3.05) is 11.4 Å². The lowest BCUT2D eigenvalue weighted by Gasteiger charge is -2.27. The van der Waals surface area contributed by atoms with Gasteiger partial charge in [0.25, 0.3) is 11.8 Å². The maximum absolute atomic E-state index is 12.9. The summed E-state index contributed by atoms with van der Waals surface area (Å²) >= 11 is 6.14. The predicted molar refractivity (Wildman–Crippen MR) is 101 cm³/mol. The zero-order valence-electron chi connectivity index (χ0n) is 14.3. The zero-order chi connectivity index (χ0) is 19.0. The van der Waals surface area contributed by atoms with Gasteiger partial charge in [-0.2, -0.15) is 0 Å². The van der Waals surface area contributed by atoms with E-state index in [2.05, 4.69) is 5.32 Å². The number of fused-ring (bicyclic) bond motifs is 1. The van der Waals surface area contributed by atoms with Crippen LogP contribution in [-0.4, -0.2) is 29.3 Å². The van der Waals surface area contributed by atoms with Crippen LogP contribution in [0.25, 0.3) is 0 Å². The molecule has 2 aliphatic rings. The second kappa shape index (κ2) is 6.89. The molecule has 1 fully saturated rings.